The van der Waals surface area contributed by atoms with Crippen molar-refractivity contribution in [2.24, 2.45) is 0 Å². The van der Waals surface area contributed by atoms with E-state index in [4.69, 9.17) is 0 Å². The molecule has 0 aliphatic heterocycles. The third-order valence-corrected chi connectivity index (χ3v) is 4.59. The maximum Gasteiger partial charge on any atom is 0.123 e. The Morgan fingerprint density at radius 1 is 1.16 bits per heavy atom. The van der Waals surface area contributed by atoms with Gasteiger partial charge in [-0.25, -0.2) is 4.39 Å². The van der Waals surface area contributed by atoms with E-state index in [9.17, 15) is 4.39 Å². The molecule has 2 aromatic carbocycles. The van der Waals surface area contributed by atoms with Crippen molar-refractivity contribution in [3.05, 3.63) is 66.9 Å². The fourth-order valence-corrected chi connectivity index (χ4v) is 3.16. The molecule has 2 rings (SSSR count). The Hall–Kier alpha value is -0.460. The molecule has 1 atom stereocenters. The largest absolute Gasteiger partial charge is 0.309 e. The van der Waals surface area contributed by atoms with E-state index in [-0.39, 0.29) is 11.9 Å². The van der Waals surface area contributed by atoms with Crippen LogP contribution in [-0.2, 0) is 0 Å². The molecule has 1 nitrogen and oxygen atoms in total. The van der Waals surface area contributed by atoms with Crippen LogP contribution in [0.25, 0.3) is 0 Å². The minimum Gasteiger partial charge on any atom is -0.309 e. The zero-order valence-corrected chi connectivity index (χ0v) is 14.4. The van der Waals surface area contributed by atoms with Gasteiger partial charge in [0.2, 0.25) is 0 Å². The maximum absolute atomic E-state index is 13.5. The average molecular weight is 434 g/mol. The highest BCUT2D eigenvalue weighted by Gasteiger charge is 2.17. The first-order chi connectivity index (χ1) is 9.02. The predicted molar refractivity (Wildman–Crippen MR) is 88.9 cm³/mol. The van der Waals surface area contributed by atoms with Crippen LogP contribution in [0.5, 0.6) is 0 Å². The van der Waals surface area contributed by atoms with E-state index in [1.807, 2.05) is 26.1 Å². The van der Waals surface area contributed by atoms with E-state index in [0.29, 0.717) is 0 Å². The van der Waals surface area contributed by atoms with E-state index < -0.39 is 0 Å². The molecule has 0 saturated carbocycles. The van der Waals surface area contributed by atoms with Crippen LogP contribution in [0, 0.1) is 16.3 Å². The molecule has 0 bridgehead atoms. The smallest absolute Gasteiger partial charge is 0.123 e. The van der Waals surface area contributed by atoms with E-state index >= 15 is 0 Å². The van der Waals surface area contributed by atoms with Gasteiger partial charge in [0.25, 0.3) is 0 Å². The topological polar surface area (TPSA) is 12.0 Å². The summed E-state index contributed by atoms with van der Waals surface area (Å²) in [6.45, 7) is 2.00. The fraction of sp³-hybridized carbons (Fsp3) is 0.200. The van der Waals surface area contributed by atoms with Crippen molar-refractivity contribution in [3.63, 3.8) is 0 Å². The molecule has 100 valence electrons. The Bertz CT molecular complexity index is 549. The number of aryl methyl sites for hydroxylation is 1. The molecule has 0 spiro atoms. The first kappa shape index (κ1) is 14.9. The lowest BCUT2D eigenvalue weighted by atomic mass is 9.95. The third-order valence-electron chi connectivity index (χ3n) is 3.11. The van der Waals surface area contributed by atoms with Crippen LogP contribution in [0.4, 0.5) is 4.39 Å². The van der Waals surface area contributed by atoms with Gasteiger partial charge in [-0.15, -0.1) is 0 Å². The Morgan fingerprint density at radius 2 is 1.89 bits per heavy atom. The van der Waals surface area contributed by atoms with Crippen LogP contribution >= 0.6 is 38.5 Å². The molecule has 0 aromatic heterocycles. The molecule has 0 amide bonds. The van der Waals surface area contributed by atoms with Gasteiger partial charge in [-0.05, 0) is 83.6 Å². The third kappa shape index (κ3) is 3.35. The summed E-state index contributed by atoms with van der Waals surface area (Å²) in [4.78, 5) is 0. The van der Waals surface area contributed by atoms with Gasteiger partial charge >= 0.3 is 0 Å². The summed E-state index contributed by atoms with van der Waals surface area (Å²) in [5.41, 5.74) is 3.20. The predicted octanol–water partition coefficient (Wildman–Crippen LogP) is 4.81. The van der Waals surface area contributed by atoms with Crippen LogP contribution < -0.4 is 5.32 Å². The molecular formula is C15H14BrFIN. The van der Waals surface area contributed by atoms with Crippen molar-refractivity contribution < 1.29 is 4.39 Å². The molecule has 0 radical (unpaired) electrons. The monoisotopic (exact) mass is 433 g/mol. The minimum atomic E-state index is -0.203. The van der Waals surface area contributed by atoms with Crippen molar-refractivity contribution in [3.8, 4) is 0 Å². The molecule has 0 saturated heterocycles. The molecule has 19 heavy (non-hydrogen) atoms. The van der Waals surface area contributed by atoms with Gasteiger partial charge in [-0.3, -0.25) is 0 Å². The lowest BCUT2D eigenvalue weighted by Gasteiger charge is -2.21. The number of benzene rings is 2. The number of hydrogen-bond donors (Lipinski definition) is 1. The van der Waals surface area contributed by atoms with Crippen molar-refractivity contribution in [2.45, 2.75) is 13.0 Å². The highest BCUT2D eigenvalue weighted by Crippen LogP contribution is 2.30. The van der Waals surface area contributed by atoms with E-state index in [2.05, 4.69) is 56.0 Å². The zero-order valence-electron chi connectivity index (χ0n) is 10.7. The summed E-state index contributed by atoms with van der Waals surface area (Å²) < 4.78 is 15.7. The van der Waals surface area contributed by atoms with Crippen molar-refractivity contribution >= 4 is 38.5 Å². The van der Waals surface area contributed by atoms with E-state index in [0.717, 1.165) is 24.7 Å². The van der Waals surface area contributed by atoms with E-state index in [1.165, 1.54) is 6.07 Å². The lowest BCUT2D eigenvalue weighted by Crippen LogP contribution is -2.20. The van der Waals surface area contributed by atoms with Gasteiger partial charge in [-0.2, -0.15) is 0 Å². The summed E-state index contributed by atoms with van der Waals surface area (Å²) in [5.74, 6) is -0.203. The van der Waals surface area contributed by atoms with Crippen LogP contribution in [0.1, 0.15) is 22.7 Å². The summed E-state index contributed by atoms with van der Waals surface area (Å²) in [5, 5.41) is 3.28. The molecule has 0 heterocycles. The normalized spacial score (nSPS) is 12.5. The first-order valence-corrected chi connectivity index (χ1v) is 7.78. The zero-order chi connectivity index (χ0) is 14.0. The quantitative estimate of drug-likeness (QED) is 0.685. The summed E-state index contributed by atoms with van der Waals surface area (Å²) in [6.07, 6.45) is 0. The van der Waals surface area contributed by atoms with Crippen LogP contribution in [-0.4, -0.2) is 7.05 Å². The standard InChI is InChI=1S/C15H14BrFIN/c1-9-3-5-11(17)8-12(9)15(19-2)13-7-10(16)4-6-14(13)18/h3-8,15,19H,1-2H3. The van der Waals surface area contributed by atoms with Crippen molar-refractivity contribution in [1.29, 1.82) is 0 Å². The number of hydrogen-bond acceptors (Lipinski definition) is 1. The molecule has 0 aliphatic rings. The van der Waals surface area contributed by atoms with Crippen molar-refractivity contribution in [2.75, 3.05) is 7.05 Å². The number of rotatable bonds is 3. The van der Waals surface area contributed by atoms with Gasteiger partial charge in [-0.1, -0.05) is 22.0 Å². The minimum absolute atomic E-state index is 0.0138. The van der Waals surface area contributed by atoms with Crippen molar-refractivity contribution in [1.82, 2.24) is 5.32 Å². The molecule has 1 N–H and O–H groups in total. The van der Waals surface area contributed by atoms with Crippen LogP contribution in [0.2, 0.25) is 0 Å². The van der Waals surface area contributed by atoms with Gasteiger partial charge < -0.3 is 5.32 Å². The molecule has 4 heteroatoms. The highest BCUT2D eigenvalue weighted by molar-refractivity contribution is 14.1. The Labute approximate surface area is 134 Å². The Morgan fingerprint density at radius 3 is 2.58 bits per heavy atom. The van der Waals surface area contributed by atoms with E-state index in [1.54, 1.807) is 6.07 Å². The van der Waals surface area contributed by atoms with Gasteiger partial charge in [0.15, 0.2) is 0 Å². The summed E-state index contributed by atoms with van der Waals surface area (Å²) >= 11 is 5.80. The molecule has 0 aliphatic carbocycles. The Balaban J connectivity index is 2.55. The second kappa shape index (κ2) is 6.33. The highest BCUT2D eigenvalue weighted by atomic mass is 127. The lowest BCUT2D eigenvalue weighted by molar-refractivity contribution is 0.614. The number of nitrogens with one attached hydrogen (secondary N) is 1. The maximum atomic E-state index is 13.5. The SMILES string of the molecule is CNC(c1cc(F)ccc1C)c1cc(Br)ccc1I. The molecule has 2 aromatic rings. The first-order valence-electron chi connectivity index (χ1n) is 5.91. The molecular weight excluding hydrogens is 420 g/mol. The number of halogens is 3. The second-order valence-electron chi connectivity index (χ2n) is 4.39. The molecule has 0 fully saturated rings. The summed E-state index contributed by atoms with van der Waals surface area (Å²) in [7, 11) is 1.89. The fourth-order valence-electron chi connectivity index (χ4n) is 2.14. The summed E-state index contributed by atoms with van der Waals surface area (Å²) in [6, 6.07) is 11.0. The second-order valence-corrected chi connectivity index (χ2v) is 6.47. The van der Waals surface area contributed by atoms with Crippen LogP contribution in [0.15, 0.2) is 40.9 Å². The van der Waals surface area contributed by atoms with Gasteiger partial charge in [0.05, 0.1) is 6.04 Å². The van der Waals surface area contributed by atoms with Gasteiger partial charge in [0, 0.05) is 8.04 Å². The van der Waals surface area contributed by atoms with Crippen LogP contribution in [0.3, 0.4) is 0 Å². The Kier molecular flexibility index (Phi) is 4.97. The van der Waals surface area contributed by atoms with Gasteiger partial charge in [0.1, 0.15) is 5.82 Å². The average Bonchev–Trinajstić information content (AvgIpc) is 2.38. The molecule has 1 unspecified atom stereocenters.